The number of hydrogen-bond acceptors (Lipinski definition) is 12. The molecule has 0 radical (unpaired) electrons. The quantitative estimate of drug-likeness (QED) is 0.112. The van der Waals surface area contributed by atoms with Gasteiger partial charge >= 0.3 is 0 Å². The molecule has 144 heavy (non-hydrogen) atoms. The fourth-order valence-electron chi connectivity index (χ4n) is 22.2. The molecule has 0 bridgehead atoms. The van der Waals surface area contributed by atoms with Crippen LogP contribution in [0.5, 0.6) is 0 Å². The molecule has 6 heterocycles. The van der Waals surface area contributed by atoms with Crippen LogP contribution < -0.4 is 0 Å². The molecule has 0 aliphatic heterocycles. The molecule has 0 atom stereocenters. The molecule has 0 unspecified atom stereocenters. The van der Waals surface area contributed by atoms with Crippen molar-refractivity contribution in [1.82, 2.24) is 58.6 Å². The zero-order valence-electron chi connectivity index (χ0n) is 79.5. The Labute approximate surface area is 831 Å². The summed E-state index contributed by atoms with van der Waals surface area (Å²) in [6, 6.07) is 150. The molecule has 3 aliphatic rings. The highest BCUT2D eigenvalue weighted by Crippen LogP contribution is 2.57. The highest BCUT2D eigenvalue weighted by atomic mass is 15.1. The van der Waals surface area contributed by atoms with E-state index in [0.29, 0.717) is 69.1 Å². The van der Waals surface area contributed by atoms with Gasteiger partial charge in [0.2, 0.25) is 0 Å². The van der Waals surface area contributed by atoms with Gasteiger partial charge in [0.1, 0.15) is 18.2 Å². The molecule has 0 spiro atoms. The molecule has 27 rings (SSSR count). The Kier molecular flexibility index (Phi) is 20.7. The van der Waals surface area contributed by atoms with Crippen molar-refractivity contribution in [2.45, 2.75) is 57.8 Å². The van der Waals surface area contributed by atoms with Crippen LogP contribution in [0.15, 0.2) is 419 Å². The minimum Gasteiger partial charge on any atom is -0.308 e. The Morgan fingerprint density at radius 1 is 0.194 bits per heavy atom. The van der Waals surface area contributed by atoms with Crippen LogP contribution in [0, 0.1) is 34.0 Å². The average Bonchev–Trinajstić information content (AvgIpc) is 1.65. The number of benzene rings is 18. The third-order valence-electron chi connectivity index (χ3n) is 29.1. The number of hydrogen-bond donors (Lipinski definition) is 0. The molecule has 6 aromatic heterocycles. The summed E-state index contributed by atoms with van der Waals surface area (Å²) in [6.45, 7) is 13.9. The van der Waals surface area contributed by atoms with E-state index in [1.54, 1.807) is 0 Å². The second-order valence-corrected chi connectivity index (χ2v) is 38.4. The number of para-hydroxylation sites is 3. The minimum atomic E-state index is -0.173. The summed E-state index contributed by atoms with van der Waals surface area (Å²) in [5.74, 6) is 5.06. The maximum absolute atomic E-state index is 10.6. The van der Waals surface area contributed by atoms with Crippen molar-refractivity contribution in [2.75, 3.05) is 0 Å². The largest absolute Gasteiger partial charge is 0.308 e. The molecular weight excluding hydrogens is 1760 g/mol. The van der Waals surface area contributed by atoms with Crippen LogP contribution in [0.2, 0.25) is 0 Å². The van der Waals surface area contributed by atoms with Gasteiger partial charge in [0, 0.05) is 98.6 Å². The van der Waals surface area contributed by atoms with Crippen LogP contribution in [0.3, 0.4) is 0 Å². The van der Waals surface area contributed by atoms with Crippen molar-refractivity contribution < 1.29 is 0 Å². The maximum Gasteiger partial charge on any atom is 0.164 e. The zero-order chi connectivity index (χ0) is 97.2. The van der Waals surface area contributed by atoms with Crippen LogP contribution in [-0.2, 0) is 16.2 Å². The normalized spacial score (nSPS) is 12.9. The van der Waals surface area contributed by atoms with Gasteiger partial charge in [-0.15, -0.1) is 0 Å². The lowest BCUT2D eigenvalue weighted by atomic mass is 9.80. The summed E-state index contributed by atoms with van der Waals surface area (Å²) in [5.41, 5.74) is 33.4. The highest BCUT2D eigenvalue weighted by molar-refractivity contribution is 6.19. The van der Waals surface area contributed by atoms with Gasteiger partial charge < -0.3 is 13.7 Å². The van der Waals surface area contributed by atoms with Gasteiger partial charge in [-0.25, -0.2) is 44.9 Å². The predicted molar refractivity (Wildman–Crippen MR) is 578 cm³/mol. The first-order valence-electron chi connectivity index (χ1n) is 48.3. The van der Waals surface area contributed by atoms with Crippen molar-refractivity contribution in [3.8, 4) is 171 Å². The fourth-order valence-corrected chi connectivity index (χ4v) is 22.2. The van der Waals surface area contributed by atoms with Gasteiger partial charge in [0.25, 0.3) is 0 Å². The molecule has 15 nitrogen and oxygen atoms in total. The van der Waals surface area contributed by atoms with Crippen LogP contribution in [0.1, 0.15) is 91.6 Å². The van der Waals surface area contributed by atoms with Gasteiger partial charge in [-0.05, 0) is 164 Å². The predicted octanol–water partition coefficient (Wildman–Crippen LogP) is 30.4. The maximum atomic E-state index is 10.6. The van der Waals surface area contributed by atoms with Crippen LogP contribution >= 0.6 is 0 Å². The lowest BCUT2D eigenvalue weighted by Crippen LogP contribution is -2.15. The zero-order valence-corrected chi connectivity index (χ0v) is 79.5. The topological polar surface area (TPSA) is 202 Å². The van der Waals surface area contributed by atoms with E-state index in [0.717, 1.165) is 106 Å². The lowest BCUT2D eigenvalue weighted by molar-refractivity contribution is 0.661. The third-order valence-corrected chi connectivity index (χ3v) is 29.1. The molecule has 3 aliphatic carbocycles. The fraction of sp³-hybridized carbons (Fsp3) is 0.0698. The van der Waals surface area contributed by atoms with Gasteiger partial charge in [-0.2, -0.15) is 15.8 Å². The first kappa shape index (κ1) is 86.4. The first-order valence-corrected chi connectivity index (χ1v) is 48.3. The summed E-state index contributed by atoms with van der Waals surface area (Å²) < 4.78 is 6.71. The molecule has 15 heteroatoms. The molecule has 0 N–H and O–H groups in total. The summed E-state index contributed by atoms with van der Waals surface area (Å²) in [7, 11) is 0. The van der Waals surface area contributed by atoms with E-state index in [-0.39, 0.29) is 16.2 Å². The number of rotatable bonds is 12. The van der Waals surface area contributed by atoms with Gasteiger partial charge in [0.05, 0.1) is 66.9 Å². The Hall–Kier alpha value is -19.1. The van der Waals surface area contributed by atoms with E-state index in [9.17, 15) is 15.8 Å². The van der Waals surface area contributed by atoms with Crippen molar-refractivity contribution in [1.29, 1.82) is 15.8 Å². The lowest BCUT2D eigenvalue weighted by Gasteiger charge is -2.22. The van der Waals surface area contributed by atoms with E-state index in [4.69, 9.17) is 44.9 Å². The van der Waals surface area contributed by atoms with E-state index >= 15 is 0 Å². The van der Waals surface area contributed by atoms with Crippen molar-refractivity contribution in [3.05, 3.63) is 469 Å². The summed E-state index contributed by atoms with van der Waals surface area (Å²) in [6.07, 6.45) is 0. The number of fused-ring (bicyclic) bond motifs is 20. The summed E-state index contributed by atoms with van der Waals surface area (Å²) in [5, 5.41) is 39.0. The molecule has 18 aromatic carbocycles. The van der Waals surface area contributed by atoms with E-state index in [2.05, 4.69) is 255 Å². The van der Waals surface area contributed by atoms with Crippen LogP contribution in [0.4, 0.5) is 0 Å². The van der Waals surface area contributed by atoms with Gasteiger partial charge in [-0.3, -0.25) is 0 Å². The van der Waals surface area contributed by atoms with E-state index in [1.165, 1.54) is 93.7 Å². The molecule has 678 valence electrons. The smallest absolute Gasteiger partial charge is 0.164 e. The Morgan fingerprint density at radius 3 is 0.882 bits per heavy atom. The standard InChI is InChI=1S/3C43H29N5/c1-43(2)34-19-11-9-17-31(34)32-22-24-37-38(39(32)43)33-18-10-12-20-36(33)48(37)35-23-21-29(25-30(35)26-44)42-46-40(27-13-5-3-6-14-27)45-41(47-42)28-15-7-4-8-16-28;1-43(2)33-19-11-9-17-31(33)38-34(43)22-24-37-39(38)32-18-10-12-20-36(32)48(37)35-23-21-29(25-30(35)26-44)42-46-40(27-13-5-3-6-14-27)45-41(47-42)28-15-7-4-8-16-28;1-43(2)35-19-11-9-17-31(35)33-25-39-34(24-36(33)43)32-18-10-12-20-38(32)48(39)37-22-21-29(23-30(37)26-44)42-46-40(27-13-5-3-6-14-27)45-41(47-42)28-15-7-4-8-16-28/h3*3-25H,1-2H3. The Bertz CT molecular complexity index is 9140. The minimum absolute atomic E-state index is 0.107. The van der Waals surface area contributed by atoms with Gasteiger partial charge in [-0.1, -0.05) is 363 Å². The van der Waals surface area contributed by atoms with Crippen molar-refractivity contribution in [3.63, 3.8) is 0 Å². The Balaban J connectivity index is 0.000000113. The first-order chi connectivity index (χ1) is 70.6. The second kappa shape index (κ2) is 34.5. The Morgan fingerprint density at radius 2 is 0.486 bits per heavy atom. The molecular formula is C129H87N15. The van der Waals surface area contributed by atoms with Crippen molar-refractivity contribution >= 4 is 65.4 Å². The number of aromatic nitrogens is 12. The summed E-state index contributed by atoms with van der Waals surface area (Å²) >= 11 is 0. The molecule has 0 saturated heterocycles. The molecule has 24 aromatic rings. The van der Waals surface area contributed by atoms with Crippen LogP contribution in [-0.4, -0.2) is 58.6 Å². The third kappa shape index (κ3) is 14.2. The van der Waals surface area contributed by atoms with E-state index in [1.807, 2.05) is 237 Å². The second-order valence-electron chi connectivity index (χ2n) is 38.4. The van der Waals surface area contributed by atoms with E-state index < -0.39 is 0 Å². The number of nitriles is 3. The van der Waals surface area contributed by atoms with Crippen LogP contribution in [0.25, 0.3) is 218 Å². The monoisotopic (exact) mass is 1850 g/mol. The number of nitrogens with zero attached hydrogens (tertiary/aromatic N) is 15. The molecule has 0 saturated carbocycles. The molecule has 0 amide bonds. The van der Waals surface area contributed by atoms with Crippen molar-refractivity contribution in [2.24, 2.45) is 0 Å². The highest BCUT2D eigenvalue weighted by Gasteiger charge is 2.41. The summed E-state index contributed by atoms with van der Waals surface area (Å²) in [4.78, 5) is 43.9. The average molecular weight is 1850 g/mol. The van der Waals surface area contributed by atoms with Gasteiger partial charge in [0.15, 0.2) is 52.4 Å². The molecule has 0 fully saturated rings. The SMILES string of the molecule is CC1(C)c2ccccc2-c2c1ccc1c2c2ccccc2n1-c1ccc(-c2nc(-c3ccccc3)nc(-c3ccccc3)n2)cc1C#N.CC1(C)c2ccccc2-c2cc3c(cc21)c1ccccc1n3-c1ccc(-c2nc(-c3ccccc3)nc(-c3ccccc3)n2)cc1C#N.CC1(C)c2ccccc2-c2ccc3c(c21)c1ccccc1n3-c1ccc(-c2nc(-c3ccccc3)nc(-c3ccccc3)n2)cc1C#N.